The fourth-order valence-corrected chi connectivity index (χ4v) is 6.34. The number of nitrogens with zero attached hydrogens (tertiary/aromatic N) is 1. The second-order valence-electron chi connectivity index (χ2n) is 15.3. The molecule has 0 rings (SSSR count). The van der Waals surface area contributed by atoms with Gasteiger partial charge in [-0.05, 0) is 44.9 Å². The molecule has 0 spiro atoms. The third-order valence-electron chi connectivity index (χ3n) is 8.92. The Hall–Kier alpha value is -1.77. The van der Waals surface area contributed by atoms with Crippen LogP contribution in [-0.4, -0.2) is 70.0 Å². The van der Waals surface area contributed by atoms with Crippen LogP contribution in [0.4, 0.5) is 0 Å². The molecule has 0 heterocycles. The Morgan fingerprint density at radius 1 is 0.604 bits per heavy atom. The molecule has 2 unspecified atom stereocenters. The Kier molecular flexibility index (Phi) is 34.7. The van der Waals surface area contributed by atoms with Crippen molar-refractivity contribution in [3.05, 3.63) is 36.5 Å². The number of rotatable bonds is 38. The van der Waals surface area contributed by atoms with Gasteiger partial charge in [0.25, 0.3) is 7.82 Å². The first-order chi connectivity index (χ1) is 25.5. The molecule has 0 N–H and O–H groups in total. The van der Waals surface area contributed by atoms with Gasteiger partial charge in [0.15, 0.2) is 6.10 Å². The third kappa shape index (κ3) is 39.7. The predicted molar refractivity (Wildman–Crippen MR) is 217 cm³/mol. The Balaban J connectivity index is 4.38. The number of hydrogen-bond donors (Lipinski definition) is 0. The normalized spacial score (nSPS) is 14.0. The highest BCUT2D eigenvalue weighted by Crippen LogP contribution is 2.38. The predicted octanol–water partition coefficient (Wildman–Crippen LogP) is 11.1. The summed E-state index contributed by atoms with van der Waals surface area (Å²) in [5.41, 5.74) is 0. The van der Waals surface area contributed by atoms with Gasteiger partial charge in [0.1, 0.15) is 19.8 Å². The summed E-state index contributed by atoms with van der Waals surface area (Å²) in [4.78, 5) is 37.4. The number of allylic oxidation sites excluding steroid dienone is 6. The lowest BCUT2D eigenvalue weighted by molar-refractivity contribution is -0.870. The molecule has 0 radical (unpaired) electrons. The van der Waals surface area contributed by atoms with Crippen LogP contribution >= 0.6 is 7.82 Å². The van der Waals surface area contributed by atoms with Crippen molar-refractivity contribution in [1.82, 2.24) is 0 Å². The average Bonchev–Trinajstić information content (AvgIpc) is 3.10. The summed E-state index contributed by atoms with van der Waals surface area (Å²) in [5.74, 6) is -0.844. The number of quaternary nitrogens is 1. The number of unbranched alkanes of at least 4 members (excludes halogenated alkanes) is 18. The van der Waals surface area contributed by atoms with Gasteiger partial charge in [-0.2, -0.15) is 0 Å². The molecule has 0 aliphatic rings. The lowest BCUT2D eigenvalue weighted by Gasteiger charge is -2.28. The molecule has 2 atom stereocenters. The summed E-state index contributed by atoms with van der Waals surface area (Å²) < 4.78 is 33.8. The van der Waals surface area contributed by atoms with Crippen LogP contribution in [0.1, 0.15) is 174 Å². The molecule has 53 heavy (non-hydrogen) atoms. The van der Waals surface area contributed by atoms with E-state index in [-0.39, 0.29) is 32.0 Å². The van der Waals surface area contributed by atoms with Crippen molar-refractivity contribution in [3.63, 3.8) is 0 Å². The number of carbonyl (C=O) groups excluding carboxylic acids is 2. The number of phosphoric acid groups is 1. The quantitative estimate of drug-likeness (QED) is 0.0201. The van der Waals surface area contributed by atoms with E-state index in [1.807, 2.05) is 21.1 Å². The maximum atomic E-state index is 12.7. The standard InChI is InChI=1S/C43H80NO8P/c1-6-8-10-12-14-16-18-20-21-22-23-24-26-28-30-32-34-36-43(46)52-41(40-51-53(47,48)50-38-37-44(3,4)5)39-49-42(45)35-33-31-29-27-25-19-17-15-13-11-9-7-2/h8,10,14,16,20-21,41H,6-7,9,11-13,15,17-19,22-40H2,1-5H3/b10-8-,16-14-,21-20-. The smallest absolute Gasteiger partial charge is 0.306 e. The zero-order valence-corrected chi connectivity index (χ0v) is 35.6. The van der Waals surface area contributed by atoms with Gasteiger partial charge in [-0.3, -0.25) is 14.2 Å². The summed E-state index contributed by atoms with van der Waals surface area (Å²) >= 11 is 0. The second-order valence-corrected chi connectivity index (χ2v) is 16.7. The van der Waals surface area contributed by atoms with E-state index in [1.165, 1.54) is 77.0 Å². The van der Waals surface area contributed by atoms with Crippen LogP contribution in [0, 0.1) is 0 Å². The van der Waals surface area contributed by atoms with Crippen LogP contribution in [0.3, 0.4) is 0 Å². The van der Waals surface area contributed by atoms with E-state index in [0.717, 1.165) is 64.2 Å². The van der Waals surface area contributed by atoms with Crippen molar-refractivity contribution in [2.75, 3.05) is 47.5 Å². The Bertz CT molecular complexity index is 1010. The summed E-state index contributed by atoms with van der Waals surface area (Å²) in [6.45, 7) is 4.10. The molecule has 0 fully saturated rings. The van der Waals surface area contributed by atoms with Gasteiger partial charge in [-0.1, -0.05) is 153 Å². The third-order valence-corrected chi connectivity index (χ3v) is 9.89. The molecule has 9 nitrogen and oxygen atoms in total. The van der Waals surface area contributed by atoms with Gasteiger partial charge < -0.3 is 27.9 Å². The summed E-state index contributed by atoms with van der Waals surface area (Å²) in [7, 11) is 1.16. The number of likely N-dealkylation sites (N-methyl/N-ethyl adjacent to an activating group) is 1. The Labute approximate surface area is 325 Å². The van der Waals surface area contributed by atoms with Gasteiger partial charge >= 0.3 is 11.9 Å². The SMILES string of the molecule is CC/C=C\C/C=C\C/C=C\CCCCCCCCCC(=O)OC(COC(=O)CCCCCCCCCCCCCC)COP(=O)([O-])OCC[N+](C)(C)C. The molecule has 0 aliphatic heterocycles. The van der Waals surface area contributed by atoms with Crippen molar-refractivity contribution in [2.45, 2.75) is 180 Å². The van der Waals surface area contributed by atoms with Crippen molar-refractivity contribution in [2.24, 2.45) is 0 Å². The van der Waals surface area contributed by atoms with Crippen LogP contribution in [0.2, 0.25) is 0 Å². The zero-order chi connectivity index (χ0) is 39.3. The number of carbonyl (C=O) groups is 2. The lowest BCUT2D eigenvalue weighted by atomic mass is 10.0. The van der Waals surface area contributed by atoms with Gasteiger partial charge in [0, 0.05) is 12.8 Å². The zero-order valence-electron chi connectivity index (χ0n) is 34.7. The fraction of sp³-hybridized carbons (Fsp3) is 0.814. The highest BCUT2D eigenvalue weighted by atomic mass is 31.2. The summed E-state index contributed by atoms with van der Waals surface area (Å²) in [5, 5.41) is 0. The minimum absolute atomic E-state index is 0.0325. The second kappa shape index (κ2) is 35.9. The molecule has 0 saturated carbocycles. The van der Waals surface area contributed by atoms with Crippen molar-refractivity contribution < 1.29 is 42.1 Å². The molecule has 0 aromatic carbocycles. The summed E-state index contributed by atoms with van der Waals surface area (Å²) in [6, 6.07) is 0. The number of phosphoric ester groups is 1. The molecule has 310 valence electrons. The van der Waals surface area contributed by atoms with Crippen LogP contribution in [0.5, 0.6) is 0 Å². The highest BCUT2D eigenvalue weighted by molar-refractivity contribution is 7.45. The molecule has 0 aromatic rings. The van der Waals surface area contributed by atoms with Crippen molar-refractivity contribution >= 4 is 19.8 Å². The van der Waals surface area contributed by atoms with Crippen LogP contribution in [-0.2, 0) is 32.7 Å². The van der Waals surface area contributed by atoms with Gasteiger partial charge in [-0.15, -0.1) is 0 Å². The first-order valence-electron chi connectivity index (χ1n) is 21.2. The van der Waals surface area contributed by atoms with E-state index in [0.29, 0.717) is 17.4 Å². The minimum atomic E-state index is -4.62. The molecule has 0 saturated heterocycles. The molecule has 0 bridgehead atoms. The van der Waals surface area contributed by atoms with Crippen LogP contribution in [0.25, 0.3) is 0 Å². The first-order valence-corrected chi connectivity index (χ1v) is 22.7. The molecular formula is C43H80NO8P. The van der Waals surface area contributed by atoms with Crippen LogP contribution < -0.4 is 4.89 Å². The number of hydrogen-bond acceptors (Lipinski definition) is 8. The van der Waals surface area contributed by atoms with Gasteiger partial charge in [0.2, 0.25) is 0 Å². The molecular weight excluding hydrogens is 689 g/mol. The van der Waals surface area contributed by atoms with E-state index in [9.17, 15) is 19.0 Å². The largest absolute Gasteiger partial charge is 0.756 e. The first kappa shape index (κ1) is 51.2. The fourth-order valence-electron chi connectivity index (χ4n) is 5.61. The minimum Gasteiger partial charge on any atom is -0.756 e. The van der Waals surface area contributed by atoms with E-state index >= 15 is 0 Å². The van der Waals surface area contributed by atoms with E-state index < -0.39 is 26.5 Å². The molecule has 0 aromatic heterocycles. The van der Waals surface area contributed by atoms with E-state index in [4.69, 9.17) is 18.5 Å². The summed E-state index contributed by atoms with van der Waals surface area (Å²) in [6.07, 6.45) is 38.8. The van der Waals surface area contributed by atoms with Crippen LogP contribution in [0.15, 0.2) is 36.5 Å². The highest BCUT2D eigenvalue weighted by Gasteiger charge is 2.21. The maximum absolute atomic E-state index is 12.7. The molecule has 0 aliphatic carbocycles. The van der Waals surface area contributed by atoms with E-state index in [1.54, 1.807) is 0 Å². The van der Waals surface area contributed by atoms with Crippen molar-refractivity contribution in [1.29, 1.82) is 0 Å². The van der Waals surface area contributed by atoms with Gasteiger partial charge in [-0.25, -0.2) is 0 Å². The topological polar surface area (TPSA) is 111 Å². The number of esters is 2. The average molecular weight is 770 g/mol. The Morgan fingerprint density at radius 2 is 1.08 bits per heavy atom. The molecule has 10 heteroatoms. The monoisotopic (exact) mass is 770 g/mol. The lowest BCUT2D eigenvalue weighted by Crippen LogP contribution is -2.37. The number of ether oxygens (including phenoxy) is 2. The van der Waals surface area contributed by atoms with Crippen molar-refractivity contribution in [3.8, 4) is 0 Å². The van der Waals surface area contributed by atoms with Gasteiger partial charge in [0.05, 0.1) is 27.7 Å². The van der Waals surface area contributed by atoms with E-state index in [2.05, 4.69) is 50.3 Å². The Morgan fingerprint density at radius 3 is 1.60 bits per heavy atom. The molecule has 0 amide bonds. The maximum Gasteiger partial charge on any atom is 0.306 e.